The monoisotopic (exact) mass is 428 g/mol. The summed E-state index contributed by atoms with van der Waals surface area (Å²) in [6.07, 6.45) is 3.04. The molecule has 2 N–H and O–H groups in total. The summed E-state index contributed by atoms with van der Waals surface area (Å²) in [5, 5.41) is 6.97. The van der Waals surface area contributed by atoms with Gasteiger partial charge < -0.3 is 20.4 Å². The van der Waals surface area contributed by atoms with Crippen molar-refractivity contribution in [1.82, 2.24) is 20.5 Å². The van der Waals surface area contributed by atoms with Crippen LogP contribution in [0.5, 0.6) is 0 Å². The number of hydrogen-bond donors (Lipinski definition) is 2. The number of para-hydroxylation sites is 1. The van der Waals surface area contributed by atoms with Crippen molar-refractivity contribution < 1.29 is 4.79 Å². The summed E-state index contributed by atoms with van der Waals surface area (Å²) in [6.45, 7) is 4.53. The quantitative estimate of drug-likeness (QED) is 0.402. The molecule has 1 aliphatic heterocycles. The standard InChI is InChI=1S/C22H29ClN6O/c1-24-22(25-11-9-18-7-8-20(23)27-17-18)26-12-10-21(30)29-15-13-28(14-16-29)19-5-3-2-4-6-19/h2-8,17H,9-16H2,1H3,(H2,24,25,26). The molecule has 8 heteroatoms. The van der Waals surface area contributed by atoms with Crippen LogP contribution in [0.15, 0.2) is 53.7 Å². The molecule has 1 aliphatic rings. The number of benzene rings is 1. The molecular formula is C22H29ClN6O. The largest absolute Gasteiger partial charge is 0.368 e. The Morgan fingerprint density at radius 3 is 2.47 bits per heavy atom. The van der Waals surface area contributed by atoms with Gasteiger partial charge in [-0.2, -0.15) is 0 Å². The van der Waals surface area contributed by atoms with Gasteiger partial charge in [0.1, 0.15) is 5.15 Å². The zero-order chi connectivity index (χ0) is 21.2. The maximum Gasteiger partial charge on any atom is 0.224 e. The smallest absolute Gasteiger partial charge is 0.224 e. The molecule has 1 fully saturated rings. The molecule has 1 saturated heterocycles. The lowest BCUT2D eigenvalue weighted by atomic mass is 10.2. The van der Waals surface area contributed by atoms with E-state index in [-0.39, 0.29) is 5.91 Å². The molecule has 2 heterocycles. The Morgan fingerprint density at radius 2 is 1.80 bits per heavy atom. The number of hydrogen-bond acceptors (Lipinski definition) is 4. The van der Waals surface area contributed by atoms with E-state index in [2.05, 4.69) is 37.6 Å². The average Bonchev–Trinajstić information content (AvgIpc) is 2.80. The topological polar surface area (TPSA) is 72.9 Å². The minimum Gasteiger partial charge on any atom is -0.368 e. The molecule has 0 spiro atoms. The number of nitrogens with one attached hydrogen (secondary N) is 2. The Kier molecular flexibility index (Phi) is 8.32. The van der Waals surface area contributed by atoms with Crippen LogP contribution in [0, 0.1) is 0 Å². The second kappa shape index (κ2) is 11.4. The van der Waals surface area contributed by atoms with Crippen LogP contribution < -0.4 is 15.5 Å². The van der Waals surface area contributed by atoms with E-state index in [1.165, 1.54) is 5.69 Å². The summed E-state index contributed by atoms with van der Waals surface area (Å²) in [7, 11) is 1.73. The van der Waals surface area contributed by atoms with Crippen molar-refractivity contribution >= 4 is 29.2 Å². The Bertz CT molecular complexity index is 819. The van der Waals surface area contributed by atoms with E-state index in [4.69, 9.17) is 11.6 Å². The van der Waals surface area contributed by atoms with E-state index >= 15 is 0 Å². The van der Waals surface area contributed by atoms with Gasteiger partial charge in [0, 0.05) is 64.6 Å². The molecule has 1 aromatic heterocycles. The number of pyridine rings is 1. The van der Waals surface area contributed by atoms with Gasteiger partial charge in [0.25, 0.3) is 0 Å². The first-order valence-electron chi connectivity index (χ1n) is 10.3. The summed E-state index contributed by atoms with van der Waals surface area (Å²) < 4.78 is 0. The average molecular weight is 429 g/mol. The first kappa shape index (κ1) is 21.9. The molecule has 160 valence electrons. The molecule has 1 aromatic carbocycles. The number of halogens is 1. The summed E-state index contributed by atoms with van der Waals surface area (Å²) in [5.74, 6) is 0.872. The highest BCUT2D eigenvalue weighted by Crippen LogP contribution is 2.15. The molecule has 0 radical (unpaired) electrons. The van der Waals surface area contributed by atoms with Crippen LogP contribution in [-0.4, -0.2) is 68.1 Å². The van der Waals surface area contributed by atoms with Crippen molar-refractivity contribution in [3.05, 3.63) is 59.4 Å². The molecule has 1 amide bonds. The van der Waals surface area contributed by atoms with Crippen molar-refractivity contribution in [2.24, 2.45) is 4.99 Å². The van der Waals surface area contributed by atoms with Crippen LogP contribution >= 0.6 is 11.6 Å². The normalized spacial score (nSPS) is 14.5. The lowest BCUT2D eigenvalue weighted by molar-refractivity contribution is -0.131. The first-order chi connectivity index (χ1) is 14.7. The highest BCUT2D eigenvalue weighted by Gasteiger charge is 2.20. The second-order valence-electron chi connectivity index (χ2n) is 7.12. The van der Waals surface area contributed by atoms with Crippen LogP contribution in [0.3, 0.4) is 0 Å². The second-order valence-corrected chi connectivity index (χ2v) is 7.51. The highest BCUT2D eigenvalue weighted by atomic mass is 35.5. The minimum absolute atomic E-state index is 0.179. The van der Waals surface area contributed by atoms with Crippen molar-refractivity contribution in [3.8, 4) is 0 Å². The van der Waals surface area contributed by atoms with Crippen molar-refractivity contribution in [3.63, 3.8) is 0 Å². The van der Waals surface area contributed by atoms with E-state index < -0.39 is 0 Å². The van der Waals surface area contributed by atoms with Crippen molar-refractivity contribution in [1.29, 1.82) is 0 Å². The minimum atomic E-state index is 0.179. The molecule has 0 atom stereocenters. The molecule has 0 aliphatic carbocycles. The zero-order valence-electron chi connectivity index (χ0n) is 17.4. The molecule has 0 unspecified atom stereocenters. The van der Waals surface area contributed by atoms with Gasteiger partial charge in [-0.3, -0.25) is 9.79 Å². The molecule has 0 saturated carbocycles. The molecule has 0 bridgehead atoms. The van der Waals surface area contributed by atoms with Gasteiger partial charge in [0.05, 0.1) is 0 Å². The van der Waals surface area contributed by atoms with Crippen LogP contribution in [0.4, 0.5) is 5.69 Å². The SMILES string of the molecule is CN=C(NCCC(=O)N1CCN(c2ccccc2)CC1)NCCc1ccc(Cl)nc1. The van der Waals surface area contributed by atoms with Gasteiger partial charge in [-0.1, -0.05) is 35.9 Å². The van der Waals surface area contributed by atoms with E-state index in [1.807, 2.05) is 29.2 Å². The lowest BCUT2D eigenvalue weighted by Crippen LogP contribution is -2.49. The zero-order valence-corrected chi connectivity index (χ0v) is 18.1. The Morgan fingerprint density at radius 1 is 1.07 bits per heavy atom. The number of nitrogens with zero attached hydrogens (tertiary/aromatic N) is 4. The van der Waals surface area contributed by atoms with Gasteiger partial charge in [0.15, 0.2) is 5.96 Å². The fourth-order valence-corrected chi connectivity index (χ4v) is 3.51. The number of amides is 1. The van der Waals surface area contributed by atoms with Crippen LogP contribution in [-0.2, 0) is 11.2 Å². The fourth-order valence-electron chi connectivity index (χ4n) is 3.40. The molecular weight excluding hydrogens is 400 g/mol. The summed E-state index contributed by atoms with van der Waals surface area (Å²) >= 11 is 5.80. The maximum atomic E-state index is 12.5. The Hall–Kier alpha value is -2.80. The number of rotatable bonds is 7. The summed E-state index contributed by atoms with van der Waals surface area (Å²) in [4.78, 5) is 25.1. The number of carbonyl (C=O) groups excluding carboxylic acids is 1. The third kappa shape index (κ3) is 6.62. The van der Waals surface area contributed by atoms with E-state index in [0.29, 0.717) is 24.1 Å². The third-order valence-electron chi connectivity index (χ3n) is 5.10. The van der Waals surface area contributed by atoms with Gasteiger partial charge in [0.2, 0.25) is 5.91 Å². The molecule has 30 heavy (non-hydrogen) atoms. The number of aromatic nitrogens is 1. The van der Waals surface area contributed by atoms with E-state index in [0.717, 1.165) is 44.7 Å². The molecule has 3 rings (SSSR count). The number of carbonyl (C=O) groups is 1. The first-order valence-corrected chi connectivity index (χ1v) is 10.7. The number of anilines is 1. The predicted octanol–water partition coefficient (Wildman–Crippen LogP) is 2.18. The fraction of sp³-hybridized carbons (Fsp3) is 0.409. The lowest BCUT2D eigenvalue weighted by Gasteiger charge is -2.36. The molecule has 7 nitrogen and oxygen atoms in total. The van der Waals surface area contributed by atoms with Gasteiger partial charge in [-0.05, 0) is 30.2 Å². The summed E-state index contributed by atoms with van der Waals surface area (Å²) in [6, 6.07) is 14.1. The van der Waals surface area contributed by atoms with Crippen LogP contribution in [0.1, 0.15) is 12.0 Å². The Labute approximate surface area is 183 Å². The number of aliphatic imine (C=N–C) groups is 1. The van der Waals surface area contributed by atoms with E-state index in [9.17, 15) is 4.79 Å². The summed E-state index contributed by atoms with van der Waals surface area (Å²) in [5.41, 5.74) is 2.32. The predicted molar refractivity (Wildman–Crippen MR) is 122 cm³/mol. The van der Waals surface area contributed by atoms with Crippen molar-refractivity contribution in [2.75, 3.05) is 51.2 Å². The maximum absolute atomic E-state index is 12.5. The van der Waals surface area contributed by atoms with Gasteiger partial charge in [-0.25, -0.2) is 4.98 Å². The third-order valence-corrected chi connectivity index (χ3v) is 5.33. The van der Waals surface area contributed by atoms with Crippen LogP contribution in [0.25, 0.3) is 0 Å². The number of guanidine groups is 1. The molecule has 2 aromatic rings. The highest BCUT2D eigenvalue weighted by molar-refractivity contribution is 6.29. The van der Waals surface area contributed by atoms with Gasteiger partial charge >= 0.3 is 0 Å². The number of piperazine rings is 1. The van der Waals surface area contributed by atoms with Crippen molar-refractivity contribution in [2.45, 2.75) is 12.8 Å². The van der Waals surface area contributed by atoms with Crippen LogP contribution in [0.2, 0.25) is 5.15 Å². The van der Waals surface area contributed by atoms with Gasteiger partial charge in [-0.15, -0.1) is 0 Å². The van der Waals surface area contributed by atoms with E-state index in [1.54, 1.807) is 19.3 Å². The Balaban J connectivity index is 1.32.